The lowest BCUT2D eigenvalue weighted by Crippen LogP contribution is -2.41. The van der Waals surface area contributed by atoms with Gasteiger partial charge in [0.25, 0.3) is 0 Å². The maximum absolute atomic E-state index is 13.0. The second kappa shape index (κ2) is 13.3. The molecule has 1 N–H and O–H groups in total. The van der Waals surface area contributed by atoms with Gasteiger partial charge in [-0.1, -0.05) is 24.6 Å². The average molecular weight is 514 g/mol. The number of aryl methyl sites for hydroxylation is 1. The molecular weight excluding hydrogens is 474 g/mol. The van der Waals surface area contributed by atoms with Crippen LogP contribution in [0.1, 0.15) is 63.7 Å². The molecule has 202 valence electrons. The molecule has 37 heavy (non-hydrogen) atoms. The summed E-state index contributed by atoms with van der Waals surface area (Å²) in [7, 11) is 3.20. The minimum absolute atomic E-state index is 0.206. The van der Waals surface area contributed by atoms with Crippen molar-refractivity contribution >= 4 is 11.9 Å². The number of hydrogen-bond donors (Lipinski definition) is 1. The largest absolute Gasteiger partial charge is 0.493 e. The summed E-state index contributed by atoms with van der Waals surface area (Å²) in [5.74, 6) is 1.12. The van der Waals surface area contributed by atoms with Crippen LogP contribution in [0.2, 0.25) is 0 Å². The number of carbonyl (C=O) groups is 2. The molecule has 1 aliphatic heterocycles. The van der Waals surface area contributed by atoms with Gasteiger partial charge in [0.05, 0.1) is 14.2 Å². The van der Waals surface area contributed by atoms with E-state index in [-0.39, 0.29) is 18.6 Å². The van der Waals surface area contributed by atoms with Crippen molar-refractivity contribution in [1.82, 2.24) is 5.32 Å². The fourth-order valence-corrected chi connectivity index (χ4v) is 4.22. The molecule has 0 radical (unpaired) electrons. The lowest BCUT2D eigenvalue weighted by Gasteiger charge is -2.26. The Kier molecular flexibility index (Phi) is 10.2. The van der Waals surface area contributed by atoms with Crippen LogP contribution < -0.4 is 19.5 Å². The van der Waals surface area contributed by atoms with Crippen molar-refractivity contribution in [3.63, 3.8) is 0 Å². The van der Waals surface area contributed by atoms with E-state index in [0.717, 1.165) is 36.9 Å². The molecule has 1 heterocycles. The minimum atomic E-state index is -0.584. The fraction of sp³-hybridized carbons (Fsp3) is 0.517. The Hall–Kier alpha value is -3.26. The van der Waals surface area contributed by atoms with Crippen LogP contribution >= 0.6 is 0 Å². The first kappa shape index (κ1) is 28.3. The van der Waals surface area contributed by atoms with Crippen LogP contribution in [0, 0.1) is 0 Å². The number of methoxy groups -OCH3 is 2. The zero-order chi connectivity index (χ0) is 26.8. The molecule has 0 bridgehead atoms. The van der Waals surface area contributed by atoms with Gasteiger partial charge in [-0.2, -0.15) is 0 Å². The summed E-state index contributed by atoms with van der Waals surface area (Å²) >= 11 is 0. The van der Waals surface area contributed by atoms with Crippen molar-refractivity contribution in [3.8, 4) is 17.2 Å². The predicted octanol–water partition coefficient (Wildman–Crippen LogP) is 4.78. The molecule has 2 atom stereocenters. The van der Waals surface area contributed by atoms with Gasteiger partial charge in [-0.3, -0.25) is 4.79 Å². The Balaban J connectivity index is 1.74. The lowest BCUT2D eigenvalue weighted by molar-refractivity contribution is -0.157. The Bertz CT molecular complexity index is 1040. The molecule has 0 aromatic heterocycles. The van der Waals surface area contributed by atoms with Crippen LogP contribution in [0.5, 0.6) is 17.2 Å². The van der Waals surface area contributed by atoms with Crippen LogP contribution in [-0.4, -0.2) is 51.0 Å². The molecule has 8 nitrogen and oxygen atoms in total. The average Bonchev–Trinajstić information content (AvgIpc) is 2.89. The third kappa shape index (κ3) is 8.97. The summed E-state index contributed by atoms with van der Waals surface area (Å²) in [6.45, 7) is 6.03. The van der Waals surface area contributed by atoms with E-state index in [1.807, 2.05) is 57.2 Å². The lowest BCUT2D eigenvalue weighted by atomic mass is 10.00. The van der Waals surface area contributed by atoms with Gasteiger partial charge in [0.15, 0.2) is 18.1 Å². The van der Waals surface area contributed by atoms with Crippen LogP contribution in [-0.2, 0) is 25.5 Å². The van der Waals surface area contributed by atoms with Crippen molar-refractivity contribution in [1.29, 1.82) is 0 Å². The molecule has 8 heteroatoms. The molecule has 1 fully saturated rings. The van der Waals surface area contributed by atoms with Gasteiger partial charge in [-0.15, -0.1) is 0 Å². The maximum atomic E-state index is 13.0. The highest BCUT2D eigenvalue weighted by atomic mass is 16.6. The van der Waals surface area contributed by atoms with Gasteiger partial charge in [0, 0.05) is 0 Å². The van der Waals surface area contributed by atoms with Gasteiger partial charge < -0.3 is 29.0 Å². The van der Waals surface area contributed by atoms with Crippen LogP contribution in [0.15, 0.2) is 42.5 Å². The fourth-order valence-electron chi connectivity index (χ4n) is 4.22. The van der Waals surface area contributed by atoms with E-state index in [1.165, 1.54) is 0 Å². The SMILES string of the molecule is COc1ccc(CCC(OC(=O)[C@@H]2CCCCN2)c2cccc(OCC(=O)OC(C)(C)C)c2)cc1OC. The van der Waals surface area contributed by atoms with E-state index in [2.05, 4.69) is 5.32 Å². The van der Waals surface area contributed by atoms with Crippen molar-refractivity contribution in [3.05, 3.63) is 53.6 Å². The molecule has 2 aromatic carbocycles. The molecular formula is C29H39NO7. The van der Waals surface area contributed by atoms with Crippen molar-refractivity contribution in [2.24, 2.45) is 0 Å². The molecule has 0 amide bonds. The Morgan fingerprint density at radius 2 is 1.81 bits per heavy atom. The summed E-state index contributed by atoms with van der Waals surface area (Å²) in [5, 5.41) is 3.26. The van der Waals surface area contributed by atoms with E-state index in [0.29, 0.717) is 30.1 Å². The molecule has 3 rings (SSSR count). The smallest absolute Gasteiger partial charge is 0.344 e. The number of nitrogens with one attached hydrogen (secondary N) is 1. The highest BCUT2D eigenvalue weighted by molar-refractivity contribution is 5.76. The molecule has 0 spiro atoms. The molecule has 0 aliphatic carbocycles. The van der Waals surface area contributed by atoms with Gasteiger partial charge in [-0.05, 0) is 88.4 Å². The highest BCUT2D eigenvalue weighted by Gasteiger charge is 2.26. The summed E-state index contributed by atoms with van der Waals surface area (Å²) in [6, 6.07) is 12.8. The van der Waals surface area contributed by atoms with Gasteiger partial charge >= 0.3 is 11.9 Å². The van der Waals surface area contributed by atoms with E-state index in [9.17, 15) is 9.59 Å². The zero-order valence-corrected chi connectivity index (χ0v) is 22.5. The monoisotopic (exact) mass is 513 g/mol. The third-order valence-electron chi connectivity index (χ3n) is 6.00. The van der Waals surface area contributed by atoms with Crippen molar-refractivity contribution in [2.75, 3.05) is 27.4 Å². The number of benzene rings is 2. The zero-order valence-electron chi connectivity index (χ0n) is 22.5. The Labute approximate surface area is 219 Å². The van der Waals surface area contributed by atoms with E-state index < -0.39 is 17.7 Å². The first-order chi connectivity index (χ1) is 17.7. The number of ether oxygens (including phenoxy) is 5. The molecule has 1 saturated heterocycles. The molecule has 0 saturated carbocycles. The predicted molar refractivity (Wildman–Crippen MR) is 140 cm³/mol. The number of esters is 2. The van der Waals surface area contributed by atoms with Crippen LogP contribution in [0.4, 0.5) is 0 Å². The van der Waals surface area contributed by atoms with Crippen molar-refractivity contribution in [2.45, 2.75) is 70.6 Å². The summed E-state index contributed by atoms with van der Waals surface area (Å²) in [5.41, 5.74) is 1.25. The number of hydrogen-bond acceptors (Lipinski definition) is 8. The summed E-state index contributed by atoms with van der Waals surface area (Å²) in [6.07, 6.45) is 3.54. The molecule has 1 aliphatic rings. The Morgan fingerprint density at radius 1 is 1.03 bits per heavy atom. The normalized spacial score (nSPS) is 16.4. The van der Waals surface area contributed by atoms with Gasteiger partial charge in [-0.25, -0.2) is 4.79 Å². The van der Waals surface area contributed by atoms with Crippen LogP contribution in [0.25, 0.3) is 0 Å². The number of carbonyl (C=O) groups excluding carboxylic acids is 2. The van der Waals surface area contributed by atoms with E-state index in [4.69, 9.17) is 23.7 Å². The summed E-state index contributed by atoms with van der Waals surface area (Å²) in [4.78, 5) is 25.1. The maximum Gasteiger partial charge on any atom is 0.344 e. The van der Waals surface area contributed by atoms with Crippen LogP contribution in [0.3, 0.4) is 0 Å². The first-order valence-electron chi connectivity index (χ1n) is 12.8. The Morgan fingerprint density at radius 3 is 2.49 bits per heavy atom. The van der Waals surface area contributed by atoms with E-state index >= 15 is 0 Å². The topological polar surface area (TPSA) is 92.3 Å². The highest BCUT2D eigenvalue weighted by Crippen LogP contribution is 2.31. The van der Waals surface area contributed by atoms with E-state index in [1.54, 1.807) is 20.3 Å². The second-order valence-electron chi connectivity index (χ2n) is 10.1. The third-order valence-corrected chi connectivity index (χ3v) is 6.00. The number of rotatable bonds is 11. The number of piperidine rings is 1. The molecule has 2 aromatic rings. The summed E-state index contributed by atoms with van der Waals surface area (Å²) < 4.78 is 27.8. The van der Waals surface area contributed by atoms with Gasteiger partial charge in [0.1, 0.15) is 23.5 Å². The van der Waals surface area contributed by atoms with Crippen molar-refractivity contribution < 1.29 is 33.3 Å². The molecule has 1 unspecified atom stereocenters. The minimum Gasteiger partial charge on any atom is -0.493 e. The quantitative estimate of drug-likeness (QED) is 0.429. The van der Waals surface area contributed by atoms with Gasteiger partial charge in [0.2, 0.25) is 0 Å². The standard InChI is InChI=1S/C29H39NO7/c1-29(2,3)37-27(31)19-35-22-10-8-9-21(18-22)24(36-28(32)23-11-6-7-16-30-23)14-12-20-13-15-25(33-4)26(17-20)34-5/h8-10,13,15,17-18,23-24,30H,6-7,11-12,14,16,19H2,1-5H3/t23-,24?/m0/s1. The second-order valence-corrected chi connectivity index (χ2v) is 10.1. The first-order valence-corrected chi connectivity index (χ1v) is 12.8.